The summed E-state index contributed by atoms with van der Waals surface area (Å²) in [5, 5.41) is 0. The Morgan fingerprint density at radius 1 is 0.931 bits per heavy atom. The van der Waals surface area contributed by atoms with Gasteiger partial charge in [-0.2, -0.15) is 0 Å². The number of aryl methyl sites for hydroxylation is 2. The Bertz CT molecular complexity index is 1090. The molecule has 0 amide bonds. The topological polar surface area (TPSA) is 44.8 Å². The Labute approximate surface area is 170 Å². The number of carbonyl (C=O) groups excluding carboxylic acids is 1. The summed E-state index contributed by atoms with van der Waals surface area (Å²) in [4.78, 5) is 12.8. The molecule has 0 fully saturated rings. The number of carbonyl (C=O) groups is 1. The van der Waals surface area contributed by atoms with E-state index < -0.39 is 0 Å². The van der Waals surface area contributed by atoms with Gasteiger partial charge in [0.25, 0.3) is 0 Å². The molecule has 4 heteroatoms. The molecule has 29 heavy (non-hydrogen) atoms. The van der Waals surface area contributed by atoms with E-state index in [0.29, 0.717) is 29.4 Å². The second-order valence-electron chi connectivity index (χ2n) is 7.04. The quantitative estimate of drug-likeness (QED) is 0.543. The number of hydrogen-bond donors (Lipinski definition) is 0. The van der Waals surface area contributed by atoms with E-state index in [2.05, 4.69) is 13.0 Å². The van der Waals surface area contributed by atoms with Crippen LogP contribution in [0.4, 0.5) is 0 Å². The second kappa shape index (κ2) is 7.84. The van der Waals surface area contributed by atoms with Gasteiger partial charge < -0.3 is 14.2 Å². The molecule has 0 unspecified atom stereocenters. The number of ether oxygens (including phenoxy) is 3. The van der Waals surface area contributed by atoms with E-state index in [-0.39, 0.29) is 5.78 Å². The molecule has 0 aromatic heterocycles. The van der Waals surface area contributed by atoms with Crippen LogP contribution in [0.1, 0.15) is 32.6 Å². The van der Waals surface area contributed by atoms with Crippen LogP contribution < -0.4 is 14.2 Å². The maximum atomic E-state index is 12.8. The van der Waals surface area contributed by atoms with Crippen molar-refractivity contribution in [2.45, 2.75) is 20.5 Å². The lowest BCUT2D eigenvalue weighted by atomic mass is 10.0. The normalized spacial score (nSPS) is 13.9. The van der Waals surface area contributed by atoms with E-state index in [1.165, 1.54) is 5.56 Å². The van der Waals surface area contributed by atoms with E-state index in [9.17, 15) is 4.79 Å². The predicted molar refractivity (Wildman–Crippen MR) is 113 cm³/mol. The molecule has 1 aliphatic heterocycles. The molecule has 4 rings (SSSR count). The van der Waals surface area contributed by atoms with Gasteiger partial charge in [0, 0.05) is 6.07 Å². The van der Waals surface area contributed by atoms with Crippen LogP contribution in [0.15, 0.2) is 66.4 Å². The molecule has 4 nitrogen and oxygen atoms in total. The average molecular weight is 386 g/mol. The lowest BCUT2D eigenvalue weighted by molar-refractivity contribution is 0.101. The van der Waals surface area contributed by atoms with Crippen LogP contribution in [0.5, 0.6) is 17.2 Å². The van der Waals surface area contributed by atoms with E-state index in [1.54, 1.807) is 19.3 Å². The zero-order valence-electron chi connectivity index (χ0n) is 16.7. The summed E-state index contributed by atoms with van der Waals surface area (Å²) < 4.78 is 17.0. The van der Waals surface area contributed by atoms with E-state index in [4.69, 9.17) is 14.2 Å². The summed E-state index contributed by atoms with van der Waals surface area (Å²) in [7, 11) is 1.62. The summed E-state index contributed by atoms with van der Waals surface area (Å²) >= 11 is 0. The molecule has 3 aromatic rings. The number of ketones is 1. The van der Waals surface area contributed by atoms with Gasteiger partial charge in [0.1, 0.15) is 23.9 Å². The fourth-order valence-electron chi connectivity index (χ4n) is 3.35. The molecule has 0 saturated heterocycles. The third kappa shape index (κ3) is 3.87. The van der Waals surface area contributed by atoms with Crippen LogP contribution in [0.2, 0.25) is 0 Å². The number of benzene rings is 3. The van der Waals surface area contributed by atoms with Crippen molar-refractivity contribution in [3.63, 3.8) is 0 Å². The first kappa shape index (κ1) is 18.8. The zero-order chi connectivity index (χ0) is 20.4. The highest BCUT2D eigenvalue weighted by Crippen LogP contribution is 2.37. The molecule has 0 radical (unpaired) electrons. The molecule has 0 spiro atoms. The average Bonchev–Trinajstić information content (AvgIpc) is 3.03. The monoisotopic (exact) mass is 386 g/mol. The van der Waals surface area contributed by atoms with E-state index in [1.807, 2.05) is 55.5 Å². The van der Waals surface area contributed by atoms with Crippen LogP contribution in [0.3, 0.4) is 0 Å². The highest BCUT2D eigenvalue weighted by Gasteiger charge is 2.30. The molecule has 0 bridgehead atoms. The van der Waals surface area contributed by atoms with E-state index >= 15 is 0 Å². The van der Waals surface area contributed by atoms with Crippen molar-refractivity contribution < 1.29 is 19.0 Å². The van der Waals surface area contributed by atoms with Crippen molar-refractivity contribution in [2.75, 3.05) is 7.11 Å². The van der Waals surface area contributed by atoms with Gasteiger partial charge in [-0.15, -0.1) is 0 Å². The Morgan fingerprint density at radius 2 is 1.69 bits per heavy atom. The molecule has 0 N–H and O–H groups in total. The Hall–Kier alpha value is -3.53. The van der Waals surface area contributed by atoms with Gasteiger partial charge in [0.05, 0.1) is 12.7 Å². The van der Waals surface area contributed by atoms with Gasteiger partial charge in [-0.1, -0.05) is 36.4 Å². The molecular weight excluding hydrogens is 364 g/mol. The molecule has 1 aliphatic rings. The third-order valence-corrected chi connectivity index (χ3v) is 5.01. The summed E-state index contributed by atoms with van der Waals surface area (Å²) in [6.45, 7) is 4.43. The van der Waals surface area contributed by atoms with Crippen molar-refractivity contribution in [3.05, 3.63) is 94.2 Å². The number of allylic oxidation sites excluding steroid dienone is 1. The van der Waals surface area contributed by atoms with Crippen LogP contribution in [0.25, 0.3) is 6.08 Å². The number of Topliss-reactive ketones (excluding diaryl/α,β-unsaturated/α-hetero) is 1. The maximum absolute atomic E-state index is 12.8. The highest BCUT2D eigenvalue weighted by atomic mass is 16.5. The number of fused-ring (bicyclic) bond motifs is 1. The van der Waals surface area contributed by atoms with Crippen molar-refractivity contribution in [1.29, 1.82) is 0 Å². The van der Waals surface area contributed by atoms with Gasteiger partial charge in [-0.3, -0.25) is 4.79 Å². The maximum Gasteiger partial charge on any atom is 0.232 e. The lowest BCUT2D eigenvalue weighted by Gasteiger charge is -2.10. The predicted octanol–water partition coefficient (Wildman–Crippen LogP) is 5.51. The van der Waals surface area contributed by atoms with Gasteiger partial charge in [-0.05, 0) is 60.4 Å². The van der Waals surface area contributed by atoms with Gasteiger partial charge in [-0.25, -0.2) is 0 Å². The van der Waals surface area contributed by atoms with Crippen LogP contribution in [-0.2, 0) is 6.61 Å². The Balaban J connectivity index is 1.56. The van der Waals surface area contributed by atoms with Crippen molar-refractivity contribution in [1.82, 2.24) is 0 Å². The fourth-order valence-corrected chi connectivity index (χ4v) is 3.35. The second-order valence-corrected chi connectivity index (χ2v) is 7.04. The van der Waals surface area contributed by atoms with Crippen molar-refractivity contribution in [2.24, 2.45) is 0 Å². The molecular formula is C25H22O4. The lowest BCUT2D eigenvalue weighted by Crippen LogP contribution is -2.00. The third-order valence-electron chi connectivity index (χ3n) is 5.01. The summed E-state index contributed by atoms with van der Waals surface area (Å²) in [5.41, 5.74) is 4.61. The SMILES string of the molecule is COc1ccc(/C=C2\Oc3cc(OCc4ccccc4C)cc(C)c3C2=O)cc1. The number of hydrogen-bond acceptors (Lipinski definition) is 4. The fraction of sp³-hybridized carbons (Fsp3) is 0.160. The molecule has 0 saturated carbocycles. The minimum atomic E-state index is -0.112. The zero-order valence-corrected chi connectivity index (χ0v) is 16.7. The minimum absolute atomic E-state index is 0.112. The summed E-state index contributed by atoms with van der Waals surface area (Å²) in [6.07, 6.45) is 1.75. The van der Waals surface area contributed by atoms with Gasteiger partial charge in [0.15, 0.2) is 5.76 Å². The van der Waals surface area contributed by atoms with Crippen LogP contribution in [0, 0.1) is 13.8 Å². The summed E-state index contributed by atoms with van der Waals surface area (Å²) in [6, 6.07) is 19.2. The Kier molecular flexibility index (Phi) is 5.09. The molecule has 146 valence electrons. The Morgan fingerprint density at radius 3 is 2.41 bits per heavy atom. The number of rotatable bonds is 5. The molecule has 1 heterocycles. The first-order chi connectivity index (χ1) is 14.0. The smallest absolute Gasteiger partial charge is 0.232 e. The molecule has 3 aromatic carbocycles. The van der Waals surface area contributed by atoms with Gasteiger partial charge in [0.2, 0.25) is 5.78 Å². The van der Waals surface area contributed by atoms with Crippen molar-refractivity contribution in [3.8, 4) is 17.2 Å². The first-order valence-corrected chi connectivity index (χ1v) is 9.45. The van der Waals surface area contributed by atoms with Crippen molar-refractivity contribution >= 4 is 11.9 Å². The van der Waals surface area contributed by atoms with Gasteiger partial charge >= 0.3 is 0 Å². The van der Waals surface area contributed by atoms with Crippen LogP contribution >= 0.6 is 0 Å². The molecule has 0 aliphatic carbocycles. The standard InChI is InChI=1S/C25H22O4/c1-16-6-4-5-7-19(16)15-28-21-12-17(2)24-22(14-21)29-23(25(24)26)13-18-8-10-20(27-3)11-9-18/h4-14H,15H2,1-3H3/b23-13-. The number of methoxy groups -OCH3 is 1. The minimum Gasteiger partial charge on any atom is -0.497 e. The largest absolute Gasteiger partial charge is 0.497 e. The first-order valence-electron chi connectivity index (χ1n) is 9.45. The van der Waals surface area contributed by atoms with Crippen LogP contribution in [-0.4, -0.2) is 12.9 Å². The summed E-state index contributed by atoms with van der Waals surface area (Å²) in [5.74, 6) is 2.18. The molecule has 0 atom stereocenters. The highest BCUT2D eigenvalue weighted by molar-refractivity contribution is 6.15. The van der Waals surface area contributed by atoms with E-state index in [0.717, 1.165) is 22.4 Å².